The molecule has 0 unspecified atom stereocenters. The first-order chi connectivity index (χ1) is 14.4. The molecule has 1 fully saturated rings. The number of rotatable bonds is 4. The molecule has 1 saturated heterocycles. The van der Waals surface area contributed by atoms with Crippen molar-refractivity contribution in [3.63, 3.8) is 0 Å². The SMILES string of the molecule is c1cnc(N2CCN(c3cnnc(Nc4cccc5cccnc45)n3)CC2)nc1. The second-order valence-corrected chi connectivity index (χ2v) is 6.67. The van der Waals surface area contributed by atoms with Crippen LogP contribution in [-0.4, -0.2) is 56.3 Å². The van der Waals surface area contributed by atoms with Gasteiger partial charge in [0.2, 0.25) is 11.9 Å². The number of para-hydroxylation sites is 1. The highest BCUT2D eigenvalue weighted by Crippen LogP contribution is 2.24. The third kappa shape index (κ3) is 3.62. The summed E-state index contributed by atoms with van der Waals surface area (Å²) in [5.41, 5.74) is 1.73. The second kappa shape index (κ2) is 7.63. The highest BCUT2D eigenvalue weighted by molar-refractivity contribution is 5.91. The lowest BCUT2D eigenvalue weighted by Gasteiger charge is -2.35. The predicted octanol–water partition coefficient (Wildman–Crippen LogP) is 2.28. The monoisotopic (exact) mass is 385 g/mol. The van der Waals surface area contributed by atoms with Crippen molar-refractivity contribution >= 4 is 34.3 Å². The Kier molecular flexibility index (Phi) is 4.53. The van der Waals surface area contributed by atoms with Gasteiger partial charge in [0, 0.05) is 50.2 Å². The summed E-state index contributed by atoms with van der Waals surface area (Å²) in [6.45, 7) is 3.27. The molecule has 0 radical (unpaired) electrons. The maximum atomic E-state index is 4.66. The lowest BCUT2D eigenvalue weighted by atomic mass is 10.2. The minimum absolute atomic E-state index is 0.453. The molecule has 0 aliphatic carbocycles. The van der Waals surface area contributed by atoms with Gasteiger partial charge >= 0.3 is 0 Å². The summed E-state index contributed by atoms with van der Waals surface area (Å²) < 4.78 is 0. The van der Waals surface area contributed by atoms with E-state index in [9.17, 15) is 0 Å². The Morgan fingerprint density at radius 1 is 0.793 bits per heavy atom. The minimum Gasteiger partial charge on any atom is -0.352 e. The molecular formula is C20H19N9. The molecule has 4 aromatic rings. The van der Waals surface area contributed by atoms with E-state index in [4.69, 9.17) is 0 Å². The lowest BCUT2D eigenvalue weighted by Crippen LogP contribution is -2.47. The summed E-state index contributed by atoms with van der Waals surface area (Å²) in [7, 11) is 0. The number of hydrogen-bond donors (Lipinski definition) is 1. The Balaban J connectivity index is 1.32. The highest BCUT2D eigenvalue weighted by atomic mass is 15.4. The first kappa shape index (κ1) is 17.2. The molecule has 4 heterocycles. The van der Waals surface area contributed by atoms with Crippen molar-refractivity contribution in [1.82, 2.24) is 30.1 Å². The molecule has 5 rings (SSSR count). The molecule has 144 valence electrons. The number of pyridine rings is 1. The number of anilines is 4. The third-order valence-electron chi connectivity index (χ3n) is 4.86. The summed E-state index contributed by atoms with van der Waals surface area (Å²) in [5, 5.41) is 12.6. The molecule has 0 atom stereocenters. The number of benzene rings is 1. The zero-order valence-electron chi connectivity index (χ0n) is 15.7. The van der Waals surface area contributed by atoms with Crippen molar-refractivity contribution < 1.29 is 0 Å². The molecule has 1 aliphatic rings. The fourth-order valence-corrected chi connectivity index (χ4v) is 3.42. The van der Waals surface area contributed by atoms with E-state index in [1.807, 2.05) is 36.4 Å². The van der Waals surface area contributed by atoms with Gasteiger partial charge in [0.05, 0.1) is 17.4 Å². The number of hydrogen-bond acceptors (Lipinski definition) is 9. The van der Waals surface area contributed by atoms with Crippen molar-refractivity contribution in [3.8, 4) is 0 Å². The highest BCUT2D eigenvalue weighted by Gasteiger charge is 2.20. The second-order valence-electron chi connectivity index (χ2n) is 6.67. The van der Waals surface area contributed by atoms with Crippen molar-refractivity contribution in [3.05, 3.63) is 61.2 Å². The van der Waals surface area contributed by atoms with E-state index in [0.717, 1.165) is 54.5 Å². The number of nitrogens with one attached hydrogen (secondary N) is 1. The summed E-state index contributed by atoms with van der Waals surface area (Å²) >= 11 is 0. The topological polar surface area (TPSA) is 95.9 Å². The number of aromatic nitrogens is 6. The van der Waals surface area contributed by atoms with E-state index in [0.29, 0.717) is 5.95 Å². The lowest BCUT2D eigenvalue weighted by molar-refractivity contribution is 0.632. The average molecular weight is 385 g/mol. The van der Waals surface area contributed by atoms with Crippen LogP contribution in [0.1, 0.15) is 0 Å². The number of nitrogens with zero attached hydrogens (tertiary/aromatic N) is 8. The summed E-state index contributed by atoms with van der Waals surface area (Å²) in [5.74, 6) is 2.01. The Morgan fingerprint density at radius 2 is 1.55 bits per heavy atom. The van der Waals surface area contributed by atoms with E-state index in [1.54, 1.807) is 24.8 Å². The largest absolute Gasteiger partial charge is 0.352 e. The van der Waals surface area contributed by atoms with Crippen LogP contribution in [-0.2, 0) is 0 Å². The minimum atomic E-state index is 0.453. The van der Waals surface area contributed by atoms with Gasteiger partial charge in [-0.15, -0.1) is 5.10 Å². The first-order valence-corrected chi connectivity index (χ1v) is 9.44. The fraction of sp³-hybridized carbons (Fsp3) is 0.200. The summed E-state index contributed by atoms with van der Waals surface area (Å²) in [4.78, 5) is 22.1. The molecule has 1 aliphatic heterocycles. The molecule has 29 heavy (non-hydrogen) atoms. The van der Waals surface area contributed by atoms with Crippen LogP contribution in [0.2, 0.25) is 0 Å². The van der Waals surface area contributed by atoms with Crippen LogP contribution in [0.5, 0.6) is 0 Å². The maximum Gasteiger partial charge on any atom is 0.249 e. The van der Waals surface area contributed by atoms with Crippen molar-refractivity contribution in [2.45, 2.75) is 0 Å². The van der Waals surface area contributed by atoms with E-state index in [1.165, 1.54) is 0 Å². The molecule has 1 N–H and O–H groups in total. The zero-order chi connectivity index (χ0) is 19.5. The van der Waals surface area contributed by atoms with Crippen LogP contribution >= 0.6 is 0 Å². The molecule has 3 aromatic heterocycles. The first-order valence-electron chi connectivity index (χ1n) is 9.44. The Hall–Kier alpha value is -3.88. The molecule has 1 aromatic carbocycles. The van der Waals surface area contributed by atoms with Gasteiger partial charge in [-0.25, -0.2) is 9.97 Å². The van der Waals surface area contributed by atoms with E-state index in [-0.39, 0.29) is 0 Å². The van der Waals surface area contributed by atoms with E-state index >= 15 is 0 Å². The van der Waals surface area contributed by atoms with Gasteiger partial charge < -0.3 is 15.1 Å². The normalized spacial score (nSPS) is 14.2. The van der Waals surface area contributed by atoms with Crippen LogP contribution in [0, 0.1) is 0 Å². The Labute approximate surface area is 167 Å². The summed E-state index contributed by atoms with van der Waals surface area (Å²) in [6, 6.07) is 11.7. The van der Waals surface area contributed by atoms with E-state index in [2.05, 4.69) is 45.2 Å². The standard InChI is InChI=1S/C20H19N9/c1-4-15-5-2-7-21-18(15)16(6-1)25-19-26-17(14-24-27-19)28-10-12-29(13-11-28)20-22-8-3-9-23-20/h1-9,14H,10-13H2,(H,25,26,27). The Bertz CT molecular complexity index is 1110. The molecule has 9 heteroatoms. The van der Waals surface area contributed by atoms with Gasteiger partial charge in [-0.1, -0.05) is 18.2 Å². The smallest absolute Gasteiger partial charge is 0.249 e. The molecule has 0 amide bonds. The van der Waals surface area contributed by atoms with Crippen LogP contribution < -0.4 is 15.1 Å². The van der Waals surface area contributed by atoms with Crippen molar-refractivity contribution in [2.75, 3.05) is 41.3 Å². The quantitative estimate of drug-likeness (QED) is 0.567. The van der Waals surface area contributed by atoms with Crippen molar-refractivity contribution in [1.29, 1.82) is 0 Å². The average Bonchev–Trinajstić information content (AvgIpc) is 2.80. The van der Waals surface area contributed by atoms with Gasteiger partial charge in [0.1, 0.15) is 0 Å². The zero-order valence-corrected chi connectivity index (χ0v) is 15.7. The van der Waals surface area contributed by atoms with Gasteiger partial charge in [0.25, 0.3) is 0 Å². The molecule has 9 nitrogen and oxygen atoms in total. The molecule has 0 spiro atoms. The summed E-state index contributed by atoms with van der Waals surface area (Å²) in [6.07, 6.45) is 7.01. The Morgan fingerprint density at radius 3 is 2.41 bits per heavy atom. The van der Waals surface area contributed by atoms with Crippen LogP contribution in [0.3, 0.4) is 0 Å². The van der Waals surface area contributed by atoms with Crippen molar-refractivity contribution in [2.24, 2.45) is 0 Å². The maximum absolute atomic E-state index is 4.66. The van der Waals surface area contributed by atoms with Crippen LogP contribution in [0.25, 0.3) is 10.9 Å². The number of fused-ring (bicyclic) bond motifs is 1. The fourth-order valence-electron chi connectivity index (χ4n) is 3.42. The van der Waals surface area contributed by atoms with Crippen LogP contribution in [0.4, 0.5) is 23.4 Å². The van der Waals surface area contributed by atoms with Gasteiger partial charge in [-0.05, 0) is 18.2 Å². The van der Waals surface area contributed by atoms with Gasteiger partial charge in [0.15, 0.2) is 5.82 Å². The third-order valence-corrected chi connectivity index (χ3v) is 4.86. The van der Waals surface area contributed by atoms with E-state index < -0.39 is 0 Å². The molecule has 0 bridgehead atoms. The molecule has 0 saturated carbocycles. The molecular weight excluding hydrogens is 366 g/mol. The number of piperazine rings is 1. The van der Waals surface area contributed by atoms with Gasteiger partial charge in [-0.3, -0.25) is 4.98 Å². The predicted molar refractivity (Wildman–Crippen MR) is 111 cm³/mol. The van der Waals surface area contributed by atoms with Crippen LogP contribution in [0.15, 0.2) is 61.2 Å². The van der Waals surface area contributed by atoms with Gasteiger partial charge in [-0.2, -0.15) is 10.1 Å².